The first kappa shape index (κ1) is 19.8. The molecule has 3 N–H and O–H groups in total. The smallest absolute Gasteiger partial charge is 0.268 e. The minimum atomic E-state index is -0.104. The number of nitrogens with one attached hydrogen (secondary N) is 3. The molecule has 154 valence electrons. The molecule has 0 saturated carbocycles. The number of benzene rings is 3. The van der Waals surface area contributed by atoms with Crippen LogP contribution >= 0.6 is 23.4 Å². The number of para-hydroxylation sites is 2. The molecule has 0 aliphatic carbocycles. The number of carbonyl (C=O) groups is 1. The molecule has 5 aromatic rings. The zero-order valence-electron chi connectivity index (χ0n) is 16.6. The van der Waals surface area contributed by atoms with Crippen LogP contribution in [0.25, 0.3) is 21.8 Å². The fourth-order valence-corrected chi connectivity index (χ4v) is 4.91. The molecule has 1 amide bonds. The van der Waals surface area contributed by atoms with Crippen molar-refractivity contribution in [3.8, 4) is 0 Å². The Hall–Kier alpha value is -3.15. The average Bonchev–Trinajstić information content (AvgIpc) is 3.37. The summed E-state index contributed by atoms with van der Waals surface area (Å²) >= 11 is 7.59. The van der Waals surface area contributed by atoms with Gasteiger partial charge in [-0.3, -0.25) is 4.79 Å². The molecule has 0 bridgehead atoms. The maximum atomic E-state index is 13.1. The van der Waals surface area contributed by atoms with Crippen molar-refractivity contribution in [3.63, 3.8) is 0 Å². The summed E-state index contributed by atoms with van der Waals surface area (Å²) in [5.74, 6) is -0.104. The summed E-state index contributed by atoms with van der Waals surface area (Å²) in [4.78, 5) is 21.6. The Labute approximate surface area is 189 Å². The summed E-state index contributed by atoms with van der Waals surface area (Å²) in [5.41, 5.74) is 3.84. The Balaban J connectivity index is 1.37. The molecule has 6 heteroatoms. The predicted molar refractivity (Wildman–Crippen MR) is 128 cm³/mol. The number of hydrogen-bond donors (Lipinski definition) is 3. The normalized spacial score (nSPS) is 11.3. The van der Waals surface area contributed by atoms with Gasteiger partial charge in [0.2, 0.25) is 0 Å². The van der Waals surface area contributed by atoms with Crippen LogP contribution < -0.4 is 5.32 Å². The molecule has 0 radical (unpaired) electrons. The lowest BCUT2D eigenvalue weighted by molar-refractivity contribution is 0.0947. The number of aromatic nitrogens is 2. The van der Waals surface area contributed by atoms with E-state index in [1.165, 1.54) is 10.9 Å². The van der Waals surface area contributed by atoms with Gasteiger partial charge in [0, 0.05) is 44.5 Å². The Morgan fingerprint density at radius 2 is 1.61 bits per heavy atom. The zero-order valence-corrected chi connectivity index (χ0v) is 18.2. The number of hydrogen-bond acceptors (Lipinski definition) is 2. The van der Waals surface area contributed by atoms with Gasteiger partial charge in [0.25, 0.3) is 5.91 Å². The van der Waals surface area contributed by atoms with Gasteiger partial charge in [0.15, 0.2) is 0 Å². The molecule has 0 aliphatic heterocycles. The van der Waals surface area contributed by atoms with Crippen LogP contribution in [-0.4, -0.2) is 22.4 Å². The van der Waals surface area contributed by atoms with Crippen LogP contribution in [-0.2, 0) is 6.42 Å². The lowest BCUT2D eigenvalue weighted by atomic mass is 10.1. The van der Waals surface area contributed by atoms with Crippen LogP contribution in [0, 0.1) is 0 Å². The first-order valence-corrected chi connectivity index (χ1v) is 11.3. The Morgan fingerprint density at radius 1 is 0.903 bits per heavy atom. The second-order valence-electron chi connectivity index (χ2n) is 7.30. The van der Waals surface area contributed by atoms with E-state index in [0.717, 1.165) is 32.6 Å². The summed E-state index contributed by atoms with van der Waals surface area (Å²) in [5, 5.41) is 6.00. The standard InChI is InChI=1S/C25H20ClN3OS/c26-17-9-11-18(12-10-17)31-24-20-6-2-4-8-22(20)29-23(24)25(30)27-14-13-16-15-28-21-7-3-1-5-19(16)21/h1-12,15,28-29H,13-14H2,(H,27,30). The molecule has 4 nitrogen and oxygen atoms in total. The van der Waals surface area contributed by atoms with E-state index >= 15 is 0 Å². The van der Waals surface area contributed by atoms with Gasteiger partial charge < -0.3 is 15.3 Å². The fourth-order valence-electron chi connectivity index (χ4n) is 3.74. The summed E-state index contributed by atoms with van der Waals surface area (Å²) in [6.07, 6.45) is 2.78. The number of rotatable bonds is 6. The third kappa shape index (κ3) is 4.07. The van der Waals surface area contributed by atoms with E-state index in [1.807, 2.05) is 66.9 Å². The molecule has 5 rings (SSSR count). The minimum Gasteiger partial charge on any atom is -0.361 e. The fraction of sp³-hybridized carbons (Fsp3) is 0.0800. The molecule has 0 atom stereocenters. The van der Waals surface area contributed by atoms with Crippen LogP contribution in [0.4, 0.5) is 0 Å². The van der Waals surface area contributed by atoms with Crippen molar-refractivity contribution in [2.24, 2.45) is 0 Å². The molecule has 0 unspecified atom stereocenters. The first-order chi connectivity index (χ1) is 15.2. The van der Waals surface area contributed by atoms with Crippen molar-refractivity contribution in [1.29, 1.82) is 0 Å². The third-order valence-electron chi connectivity index (χ3n) is 5.27. The summed E-state index contributed by atoms with van der Waals surface area (Å²) in [6.45, 7) is 0.557. The van der Waals surface area contributed by atoms with E-state index in [4.69, 9.17) is 11.6 Å². The van der Waals surface area contributed by atoms with Crippen molar-refractivity contribution >= 4 is 51.1 Å². The number of halogens is 1. The van der Waals surface area contributed by atoms with Crippen molar-refractivity contribution < 1.29 is 4.79 Å². The summed E-state index contributed by atoms with van der Waals surface area (Å²) in [6, 6.07) is 23.8. The lowest BCUT2D eigenvalue weighted by Crippen LogP contribution is -2.26. The van der Waals surface area contributed by atoms with Crippen molar-refractivity contribution in [1.82, 2.24) is 15.3 Å². The van der Waals surface area contributed by atoms with E-state index in [2.05, 4.69) is 27.4 Å². The molecule has 0 aliphatic rings. The van der Waals surface area contributed by atoms with Gasteiger partial charge in [-0.1, -0.05) is 59.8 Å². The largest absolute Gasteiger partial charge is 0.361 e. The van der Waals surface area contributed by atoms with Gasteiger partial charge in [0.1, 0.15) is 5.69 Å². The molecule has 31 heavy (non-hydrogen) atoms. The van der Waals surface area contributed by atoms with E-state index in [-0.39, 0.29) is 5.91 Å². The quantitative estimate of drug-likeness (QED) is 0.282. The van der Waals surface area contributed by atoms with E-state index in [9.17, 15) is 4.79 Å². The van der Waals surface area contributed by atoms with E-state index in [0.29, 0.717) is 17.3 Å². The molecule has 0 fully saturated rings. The lowest BCUT2D eigenvalue weighted by Gasteiger charge is -2.07. The highest BCUT2D eigenvalue weighted by Gasteiger charge is 2.18. The van der Waals surface area contributed by atoms with Gasteiger partial charge >= 0.3 is 0 Å². The molecule has 2 heterocycles. The van der Waals surface area contributed by atoms with Crippen LogP contribution in [0.15, 0.2) is 88.8 Å². The molecular weight excluding hydrogens is 426 g/mol. The molecular formula is C25H20ClN3OS. The topological polar surface area (TPSA) is 60.7 Å². The summed E-state index contributed by atoms with van der Waals surface area (Å²) < 4.78 is 0. The molecule has 2 aromatic heterocycles. The van der Waals surface area contributed by atoms with Crippen LogP contribution in [0.2, 0.25) is 5.02 Å². The number of carbonyl (C=O) groups excluding carboxylic acids is 1. The van der Waals surface area contributed by atoms with Crippen molar-refractivity contribution in [2.45, 2.75) is 16.2 Å². The second-order valence-corrected chi connectivity index (χ2v) is 8.82. The maximum Gasteiger partial charge on any atom is 0.268 e. The van der Waals surface area contributed by atoms with Gasteiger partial charge in [-0.2, -0.15) is 0 Å². The van der Waals surface area contributed by atoms with Gasteiger partial charge in [-0.15, -0.1) is 0 Å². The summed E-state index contributed by atoms with van der Waals surface area (Å²) in [7, 11) is 0. The molecule has 0 saturated heterocycles. The van der Waals surface area contributed by atoms with E-state index < -0.39 is 0 Å². The highest BCUT2D eigenvalue weighted by molar-refractivity contribution is 7.99. The SMILES string of the molecule is O=C(NCCc1c[nH]c2ccccc12)c1[nH]c2ccccc2c1Sc1ccc(Cl)cc1. The van der Waals surface area contributed by atoms with Gasteiger partial charge in [0.05, 0.1) is 4.90 Å². The number of fused-ring (bicyclic) bond motifs is 2. The van der Waals surface area contributed by atoms with Crippen LogP contribution in [0.3, 0.4) is 0 Å². The Morgan fingerprint density at radius 3 is 2.42 bits per heavy atom. The molecule has 0 spiro atoms. The minimum absolute atomic E-state index is 0.104. The number of amides is 1. The number of H-pyrrole nitrogens is 2. The van der Waals surface area contributed by atoms with Crippen molar-refractivity contribution in [3.05, 3.63) is 95.3 Å². The molecule has 3 aromatic carbocycles. The highest BCUT2D eigenvalue weighted by atomic mass is 35.5. The van der Waals surface area contributed by atoms with Crippen LogP contribution in [0.1, 0.15) is 16.1 Å². The van der Waals surface area contributed by atoms with E-state index in [1.54, 1.807) is 11.8 Å². The third-order valence-corrected chi connectivity index (χ3v) is 6.66. The maximum absolute atomic E-state index is 13.1. The Bertz CT molecular complexity index is 1370. The highest BCUT2D eigenvalue weighted by Crippen LogP contribution is 2.37. The zero-order chi connectivity index (χ0) is 21.2. The van der Waals surface area contributed by atoms with Crippen molar-refractivity contribution in [2.75, 3.05) is 6.54 Å². The Kier molecular flexibility index (Phi) is 5.45. The van der Waals surface area contributed by atoms with Gasteiger partial charge in [-0.05, 0) is 48.4 Å². The monoisotopic (exact) mass is 445 g/mol. The average molecular weight is 446 g/mol. The van der Waals surface area contributed by atoms with Crippen LogP contribution in [0.5, 0.6) is 0 Å². The number of aromatic amines is 2. The van der Waals surface area contributed by atoms with Gasteiger partial charge in [-0.25, -0.2) is 0 Å². The first-order valence-electron chi connectivity index (χ1n) is 10.1. The predicted octanol–water partition coefficient (Wildman–Crippen LogP) is 6.43. The second kappa shape index (κ2) is 8.53.